The Hall–Kier alpha value is -3.41. The van der Waals surface area contributed by atoms with Gasteiger partial charge in [-0.05, 0) is 96.3 Å². The predicted octanol–water partition coefficient (Wildman–Crippen LogP) is 25.0. The van der Waals surface area contributed by atoms with Gasteiger partial charge in [-0.1, -0.05) is 337 Å². The lowest BCUT2D eigenvalue weighted by molar-refractivity contribution is -0.167. The van der Waals surface area contributed by atoms with Crippen molar-refractivity contribution in [3.63, 3.8) is 0 Å². The van der Waals surface area contributed by atoms with E-state index in [0.29, 0.717) is 19.3 Å². The first-order valence-corrected chi connectivity index (χ1v) is 36.1. The third-order valence-corrected chi connectivity index (χ3v) is 15.9. The number of ether oxygens (including phenoxy) is 3. The van der Waals surface area contributed by atoms with Crippen LogP contribution in [0.25, 0.3) is 0 Å². The molecule has 0 spiro atoms. The standard InChI is InChI=1S/C77H136O6/c1-4-7-10-13-16-19-22-25-27-29-31-32-33-34-35-36-37-38-39-40-41-42-43-44-45-46-47-49-50-52-55-58-61-64-67-70-76(79)82-73-74(72-81-75(78)69-66-63-60-57-54-24-21-18-15-12-9-6-3)83-77(80)71-68-65-62-59-56-53-51-48-30-28-26-23-20-17-14-11-8-5-2/h7,10,16,19-20,23,25,27-28,30-32,34-35,74H,4-6,8-9,11-15,17-18,21-22,24,26,29,33,36-73H2,1-3H3/b10-7-,19-16-,23-20-,27-25-,30-28-,32-31-,35-34-. The van der Waals surface area contributed by atoms with Crippen molar-refractivity contribution in [2.45, 2.75) is 374 Å². The molecule has 0 aromatic carbocycles. The van der Waals surface area contributed by atoms with E-state index in [9.17, 15) is 14.4 Å². The molecule has 0 bridgehead atoms. The SMILES string of the molecule is CC/C=C\C/C=C\C/C=C\C/C=C\C/C=C\CCCCCCCCCCCCCCCCCCCCCC(=O)OCC(COC(=O)CCCCCCCCCCCCCC)OC(=O)CCCCCCCCC/C=C\C/C=C\CCCCCC. The largest absolute Gasteiger partial charge is 0.462 e. The highest BCUT2D eigenvalue weighted by atomic mass is 16.6. The number of hydrogen-bond donors (Lipinski definition) is 0. The third-order valence-electron chi connectivity index (χ3n) is 15.9. The molecule has 0 aliphatic heterocycles. The Morgan fingerprint density at radius 1 is 0.253 bits per heavy atom. The highest BCUT2D eigenvalue weighted by molar-refractivity contribution is 5.71. The summed E-state index contributed by atoms with van der Waals surface area (Å²) in [7, 11) is 0. The topological polar surface area (TPSA) is 78.9 Å². The van der Waals surface area contributed by atoms with Crippen LogP contribution in [-0.2, 0) is 28.6 Å². The second-order valence-corrected chi connectivity index (χ2v) is 24.1. The van der Waals surface area contributed by atoms with Gasteiger partial charge >= 0.3 is 17.9 Å². The normalized spacial score (nSPS) is 12.6. The van der Waals surface area contributed by atoms with Crippen LogP contribution in [0.3, 0.4) is 0 Å². The number of carbonyl (C=O) groups is 3. The van der Waals surface area contributed by atoms with Crippen molar-refractivity contribution in [2.75, 3.05) is 13.2 Å². The van der Waals surface area contributed by atoms with Gasteiger partial charge in [0.15, 0.2) is 6.10 Å². The van der Waals surface area contributed by atoms with Crippen LogP contribution < -0.4 is 0 Å². The molecule has 480 valence electrons. The van der Waals surface area contributed by atoms with Gasteiger partial charge in [-0.3, -0.25) is 14.4 Å². The third kappa shape index (κ3) is 69.3. The van der Waals surface area contributed by atoms with Crippen LogP contribution in [0.2, 0.25) is 0 Å². The Labute approximate surface area is 515 Å². The molecule has 0 radical (unpaired) electrons. The molecule has 1 atom stereocenters. The molecular formula is C77H136O6. The predicted molar refractivity (Wildman–Crippen MR) is 362 cm³/mol. The van der Waals surface area contributed by atoms with E-state index in [2.05, 4.69) is 106 Å². The lowest BCUT2D eigenvalue weighted by Gasteiger charge is -2.18. The first-order valence-electron chi connectivity index (χ1n) is 36.1. The summed E-state index contributed by atoms with van der Waals surface area (Å²) in [5, 5.41) is 0. The van der Waals surface area contributed by atoms with Crippen molar-refractivity contribution in [1.29, 1.82) is 0 Å². The maximum Gasteiger partial charge on any atom is 0.306 e. The monoisotopic (exact) mass is 1160 g/mol. The van der Waals surface area contributed by atoms with Crippen molar-refractivity contribution in [3.8, 4) is 0 Å². The van der Waals surface area contributed by atoms with E-state index in [1.54, 1.807) is 0 Å². The summed E-state index contributed by atoms with van der Waals surface area (Å²) in [4.78, 5) is 38.4. The maximum absolute atomic E-state index is 12.9. The van der Waals surface area contributed by atoms with Crippen molar-refractivity contribution in [2.24, 2.45) is 0 Å². The van der Waals surface area contributed by atoms with Gasteiger partial charge in [0, 0.05) is 19.3 Å². The molecule has 0 fully saturated rings. The van der Waals surface area contributed by atoms with Gasteiger partial charge in [-0.15, -0.1) is 0 Å². The number of hydrogen-bond acceptors (Lipinski definition) is 6. The molecule has 0 saturated carbocycles. The lowest BCUT2D eigenvalue weighted by atomic mass is 10.0. The summed E-state index contributed by atoms with van der Waals surface area (Å²) < 4.78 is 17.0. The second kappa shape index (κ2) is 71.1. The fraction of sp³-hybridized carbons (Fsp3) is 0.779. The van der Waals surface area contributed by atoms with Crippen LogP contribution in [0.5, 0.6) is 0 Å². The minimum atomic E-state index is -0.777. The summed E-state index contributed by atoms with van der Waals surface area (Å²) >= 11 is 0. The van der Waals surface area contributed by atoms with Crippen LogP contribution in [0.4, 0.5) is 0 Å². The van der Waals surface area contributed by atoms with Gasteiger partial charge in [0.1, 0.15) is 13.2 Å². The van der Waals surface area contributed by atoms with Gasteiger partial charge in [-0.2, -0.15) is 0 Å². The van der Waals surface area contributed by atoms with Crippen molar-refractivity contribution in [1.82, 2.24) is 0 Å². The number of rotatable bonds is 66. The minimum absolute atomic E-state index is 0.0733. The number of unbranched alkanes of at least 4 members (excludes halogenated alkanes) is 41. The highest BCUT2D eigenvalue weighted by Gasteiger charge is 2.19. The molecule has 6 heteroatoms. The highest BCUT2D eigenvalue weighted by Crippen LogP contribution is 2.18. The second-order valence-electron chi connectivity index (χ2n) is 24.1. The van der Waals surface area contributed by atoms with Gasteiger partial charge in [-0.25, -0.2) is 0 Å². The Morgan fingerprint density at radius 3 is 0.747 bits per heavy atom. The number of allylic oxidation sites excluding steroid dienone is 14. The first kappa shape index (κ1) is 79.6. The number of esters is 3. The summed E-state index contributed by atoms with van der Waals surface area (Å²) in [5.74, 6) is -0.860. The quantitative estimate of drug-likeness (QED) is 0.0261. The minimum Gasteiger partial charge on any atom is -0.462 e. The smallest absolute Gasteiger partial charge is 0.306 e. The number of carbonyl (C=O) groups excluding carboxylic acids is 3. The Balaban J connectivity index is 4.12. The zero-order valence-corrected chi connectivity index (χ0v) is 55.2. The van der Waals surface area contributed by atoms with Crippen LogP contribution in [0.1, 0.15) is 367 Å². The van der Waals surface area contributed by atoms with E-state index >= 15 is 0 Å². The Kier molecular flexibility index (Phi) is 68.2. The molecule has 0 aromatic heterocycles. The van der Waals surface area contributed by atoms with Crippen LogP contribution in [-0.4, -0.2) is 37.2 Å². The molecular weight excluding hydrogens is 1020 g/mol. The van der Waals surface area contributed by atoms with Crippen LogP contribution in [0, 0.1) is 0 Å². The fourth-order valence-electron chi connectivity index (χ4n) is 10.5. The fourth-order valence-corrected chi connectivity index (χ4v) is 10.5. The van der Waals surface area contributed by atoms with E-state index < -0.39 is 6.10 Å². The zero-order valence-electron chi connectivity index (χ0n) is 55.2. The molecule has 0 saturated heterocycles. The van der Waals surface area contributed by atoms with Crippen molar-refractivity contribution in [3.05, 3.63) is 85.1 Å². The molecule has 1 unspecified atom stereocenters. The first-order chi connectivity index (χ1) is 41.0. The Morgan fingerprint density at radius 2 is 0.470 bits per heavy atom. The van der Waals surface area contributed by atoms with Crippen molar-refractivity contribution >= 4 is 17.9 Å². The molecule has 0 heterocycles. The molecule has 0 amide bonds. The molecule has 0 aliphatic rings. The van der Waals surface area contributed by atoms with Crippen LogP contribution >= 0.6 is 0 Å². The van der Waals surface area contributed by atoms with Gasteiger partial charge in [0.25, 0.3) is 0 Å². The van der Waals surface area contributed by atoms with E-state index in [-0.39, 0.29) is 31.1 Å². The average Bonchev–Trinajstić information content (AvgIpc) is 3.49. The molecule has 6 nitrogen and oxygen atoms in total. The summed E-state index contributed by atoms with van der Waals surface area (Å²) in [6, 6.07) is 0. The lowest BCUT2D eigenvalue weighted by Crippen LogP contribution is -2.30. The molecule has 0 rings (SSSR count). The maximum atomic E-state index is 12.9. The zero-order chi connectivity index (χ0) is 59.9. The average molecular weight is 1160 g/mol. The van der Waals surface area contributed by atoms with E-state index in [1.165, 1.54) is 225 Å². The van der Waals surface area contributed by atoms with Gasteiger partial charge in [0.05, 0.1) is 0 Å². The molecule has 83 heavy (non-hydrogen) atoms. The Bertz CT molecular complexity index is 1570. The van der Waals surface area contributed by atoms with Gasteiger partial charge in [0.2, 0.25) is 0 Å². The summed E-state index contributed by atoms with van der Waals surface area (Å²) in [6.07, 6.45) is 94.8. The van der Waals surface area contributed by atoms with Crippen LogP contribution in [0.15, 0.2) is 85.1 Å². The summed E-state index contributed by atoms with van der Waals surface area (Å²) in [6.45, 7) is 6.55. The van der Waals surface area contributed by atoms with E-state index in [0.717, 1.165) is 103 Å². The van der Waals surface area contributed by atoms with Crippen molar-refractivity contribution < 1.29 is 28.6 Å². The molecule has 0 aromatic rings. The molecule has 0 aliphatic carbocycles. The van der Waals surface area contributed by atoms with E-state index in [1.807, 2.05) is 0 Å². The molecule has 0 N–H and O–H groups in total. The van der Waals surface area contributed by atoms with E-state index in [4.69, 9.17) is 14.2 Å². The summed E-state index contributed by atoms with van der Waals surface area (Å²) in [5.41, 5.74) is 0. The van der Waals surface area contributed by atoms with Gasteiger partial charge < -0.3 is 14.2 Å².